The molecule has 1 N–H and O–H groups in total. The van der Waals surface area contributed by atoms with E-state index in [0.29, 0.717) is 5.56 Å². The molecule has 20 heavy (non-hydrogen) atoms. The highest BCUT2D eigenvalue weighted by Crippen LogP contribution is 2.27. The normalized spacial score (nSPS) is 12.2. The summed E-state index contributed by atoms with van der Waals surface area (Å²) in [5.74, 6) is -7.58. The molecule has 0 saturated heterocycles. The lowest BCUT2D eigenvalue weighted by Gasteiger charge is -2.14. The topological polar surface area (TPSA) is 29.5 Å². The smallest absolute Gasteiger partial charge is 0.203 e. The summed E-state index contributed by atoms with van der Waals surface area (Å²) in [6.45, 7) is -0.541. The summed E-state index contributed by atoms with van der Waals surface area (Å²) < 4.78 is 57.2. The summed E-state index contributed by atoms with van der Waals surface area (Å²) >= 11 is 0. The van der Waals surface area contributed by atoms with Gasteiger partial charge in [0.2, 0.25) is 11.6 Å². The standard InChI is InChI=1S/C14H10F4O2/c15-9-6-10(16)13(18)14(12(9)17)20-7-11(19)8-4-2-1-3-5-8/h1-6,11,19H,7H2. The van der Waals surface area contributed by atoms with E-state index in [1.54, 1.807) is 30.3 Å². The van der Waals surface area contributed by atoms with E-state index in [0.717, 1.165) is 0 Å². The van der Waals surface area contributed by atoms with E-state index in [1.807, 2.05) is 0 Å². The third kappa shape index (κ3) is 2.91. The van der Waals surface area contributed by atoms with Crippen molar-refractivity contribution in [2.45, 2.75) is 6.10 Å². The van der Waals surface area contributed by atoms with Crippen molar-refractivity contribution >= 4 is 0 Å². The quantitative estimate of drug-likeness (QED) is 0.690. The molecule has 0 saturated carbocycles. The molecule has 0 bridgehead atoms. The second-order valence-electron chi connectivity index (χ2n) is 4.03. The van der Waals surface area contributed by atoms with Crippen LogP contribution in [0.3, 0.4) is 0 Å². The van der Waals surface area contributed by atoms with Crippen LogP contribution in [0.15, 0.2) is 36.4 Å². The fourth-order valence-corrected chi connectivity index (χ4v) is 1.61. The lowest BCUT2D eigenvalue weighted by molar-refractivity contribution is 0.102. The Morgan fingerprint density at radius 2 is 1.50 bits per heavy atom. The summed E-state index contributed by atoms with van der Waals surface area (Å²) in [4.78, 5) is 0. The fourth-order valence-electron chi connectivity index (χ4n) is 1.61. The molecule has 6 heteroatoms. The first-order valence-electron chi connectivity index (χ1n) is 5.69. The van der Waals surface area contributed by atoms with Gasteiger partial charge in [-0.05, 0) is 5.56 Å². The van der Waals surface area contributed by atoms with Crippen molar-refractivity contribution in [2.75, 3.05) is 6.61 Å². The Balaban J connectivity index is 2.16. The number of rotatable bonds is 4. The van der Waals surface area contributed by atoms with Gasteiger partial charge in [0.15, 0.2) is 17.4 Å². The molecular formula is C14H10F4O2. The van der Waals surface area contributed by atoms with E-state index >= 15 is 0 Å². The number of benzene rings is 2. The zero-order valence-electron chi connectivity index (χ0n) is 10.1. The summed E-state index contributed by atoms with van der Waals surface area (Å²) in [6, 6.07) is 8.27. The molecule has 0 aliphatic heterocycles. The molecule has 0 aliphatic carbocycles. The maximum atomic E-state index is 13.3. The molecule has 0 aromatic heterocycles. The van der Waals surface area contributed by atoms with Gasteiger partial charge in [-0.2, -0.15) is 8.78 Å². The second-order valence-corrected chi connectivity index (χ2v) is 4.03. The van der Waals surface area contributed by atoms with E-state index in [9.17, 15) is 22.7 Å². The van der Waals surface area contributed by atoms with Crippen LogP contribution in [0.4, 0.5) is 17.6 Å². The van der Waals surface area contributed by atoms with Crippen LogP contribution in [0, 0.1) is 23.3 Å². The van der Waals surface area contributed by atoms with Gasteiger partial charge in [-0.25, -0.2) is 8.78 Å². The zero-order chi connectivity index (χ0) is 14.7. The van der Waals surface area contributed by atoms with Gasteiger partial charge in [0.1, 0.15) is 12.7 Å². The molecule has 0 aliphatic rings. The van der Waals surface area contributed by atoms with Gasteiger partial charge in [-0.1, -0.05) is 30.3 Å². The third-order valence-corrected chi connectivity index (χ3v) is 2.64. The minimum Gasteiger partial charge on any atom is -0.484 e. The highest BCUT2D eigenvalue weighted by molar-refractivity contribution is 5.29. The number of halogens is 4. The number of hydrogen-bond donors (Lipinski definition) is 1. The number of aliphatic hydroxyl groups is 1. The Bertz CT molecular complexity index is 576. The van der Waals surface area contributed by atoms with Crippen molar-refractivity contribution in [3.8, 4) is 5.75 Å². The number of hydrogen-bond acceptors (Lipinski definition) is 2. The van der Waals surface area contributed by atoms with Crippen LogP contribution in [-0.4, -0.2) is 11.7 Å². The predicted octanol–water partition coefficient (Wildman–Crippen LogP) is 3.36. The Morgan fingerprint density at radius 3 is 2.05 bits per heavy atom. The SMILES string of the molecule is OC(COc1c(F)c(F)cc(F)c1F)c1ccccc1. The zero-order valence-corrected chi connectivity index (χ0v) is 10.1. The highest BCUT2D eigenvalue weighted by atomic mass is 19.2. The first-order chi connectivity index (χ1) is 9.50. The van der Waals surface area contributed by atoms with Crippen molar-refractivity contribution in [1.82, 2.24) is 0 Å². The summed E-state index contributed by atoms with van der Waals surface area (Å²) in [7, 11) is 0. The van der Waals surface area contributed by atoms with E-state index in [1.165, 1.54) is 0 Å². The second kappa shape index (κ2) is 5.92. The molecule has 0 fully saturated rings. The molecule has 0 heterocycles. The highest BCUT2D eigenvalue weighted by Gasteiger charge is 2.21. The average molecular weight is 286 g/mol. The fraction of sp³-hybridized carbons (Fsp3) is 0.143. The summed E-state index contributed by atoms with van der Waals surface area (Å²) in [6.07, 6.45) is -1.18. The monoisotopic (exact) mass is 286 g/mol. The van der Waals surface area contributed by atoms with E-state index in [4.69, 9.17) is 0 Å². The van der Waals surface area contributed by atoms with Crippen molar-refractivity contribution in [2.24, 2.45) is 0 Å². The first-order valence-corrected chi connectivity index (χ1v) is 5.69. The molecule has 0 spiro atoms. The maximum absolute atomic E-state index is 13.3. The van der Waals surface area contributed by atoms with Crippen molar-refractivity contribution < 1.29 is 27.4 Å². The van der Waals surface area contributed by atoms with E-state index in [2.05, 4.69) is 4.74 Å². The van der Waals surface area contributed by atoms with Crippen LogP contribution in [0.2, 0.25) is 0 Å². The Hall–Kier alpha value is -2.08. The van der Waals surface area contributed by atoms with Crippen LogP contribution >= 0.6 is 0 Å². The Morgan fingerprint density at radius 1 is 0.950 bits per heavy atom. The predicted molar refractivity (Wildman–Crippen MR) is 63.2 cm³/mol. The van der Waals surface area contributed by atoms with Crippen LogP contribution in [0.1, 0.15) is 11.7 Å². The van der Waals surface area contributed by atoms with Gasteiger partial charge in [0, 0.05) is 6.07 Å². The van der Waals surface area contributed by atoms with E-state index < -0.39 is 41.7 Å². The molecule has 0 amide bonds. The lowest BCUT2D eigenvalue weighted by atomic mass is 10.1. The largest absolute Gasteiger partial charge is 0.484 e. The summed E-state index contributed by atoms with van der Waals surface area (Å²) in [5.41, 5.74) is 0.449. The molecule has 2 nitrogen and oxygen atoms in total. The molecule has 2 aromatic carbocycles. The number of ether oxygens (including phenoxy) is 1. The van der Waals surface area contributed by atoms with Crippen molar-refractivity contribution in [3.05, 3.63) is 65.2 Å². The molecular weight excluding hydrogens is 276 g/mol. The van der Waals surface area contributed by atoms with Crippen LogP contribution < -0.4 is 4.74 Å². The molecule has 1 unspecified atom stereocenters. The number of aliphatic hydroxyl groups excluding tert-OH is 1. The van der Waals surface area contributed by atoms with Crippen molar-refractivity contribution in [3.63, 3.8) is 0 Å². The Labute approximate surface area is 112 Å². The van der Waals surface area contributed by atoms with Crippen LogP contribution in [0.5, 0.6) is 5.75 Å². The Kier molecular flexibility index (Phi) is 4.24. The molecule has 0 radical (unpaired) electrons. The summed E-state index contributed by atoms with van der Waals surface area (Å²) in [5, 5.41) is 9.74. The minimum atomic E-state index is -1.64. The van der Waals surface area contributed by atoms with Gasteiger partial charge in [0.05, 0.1) is 0 Å². The van der Waals surface area contributed by atoms with Crippen molar-refractivity contribution in [1.29, 1.82) is 0 Å². The van der Waals surface area contributed by atoms with Gasteiger partial charge in [-0.3, -0.25) is 0 Å². The van der Waals surface area contributed by atoms with Gasteiger partial charge in [0.25, 0.3) is 0 Å². The molecule has 1 atom stereocenters. The van der Waals surface area contributed by atoms with Crippen LogP contribution in [-0.2, 0) is 0 Å². The maximum Gasteiger partial charge on any atom is 0.203 e. The van der Waals surface area contributed by atoms with Gasteiger partial charge in [-0.15, -0.1) is 0 Å². The average Bonchev–Trinajstić information content (AvgIpc) is 2.46. The molecule has 106 valence electrons. The molecule has 2 rings (SSSR count). The van der Waals surface area contributed by atoms with Crippen LogP contribution in [0.25, 0.3) is 0 Å². The minimum absolute atomic E-state index is 0.0884. The molecule has 2 aromatic rings. The third-order valence-electron chi connectivity index (χ3n) is 2.64. The lowest BCUT2D eigenvalue weighted by Crippen LogP contribution is -2.12. The van der Waals surface area contributed by atoms with E-state index in [-0.39, 0.29) is 6.07 Å². The first kappa shape index (κ1) is 14.3. The van der Waals surface area contributed by atoms with Gasteiger partial charge >= 0.3 is 0 Å². The van der Waals surface area contributed by atoms with Gasteiger partial charge < -0.3 is 9.84 Å².